The number of anilines is 1. The van der Waals surface area contributed by atoms with E-state index in [9.17, 15) is 14.4 Å². The Morgan fingerprint density at radius 1 is 1.03 bits per heavy atom. The molecule has 1 fully saturated rings. The number of hydrogen-bond donors (Lipinski definition) is 2. The highest BCUT2D eigenvalue weighted by atomic mass is 32.2. The second-order valence-corrected chi connectivity index (χ2v) is 9.57. The molecule has 2 N–H and O–H groups in total. The lowest BCUT2D eigenvalue weighted by atomic mass is 10.1. The predicted molar refractivity (Wildman–Crippen MR) is 147 cm³/mol. The molecule has 10 heteroatoms. The number of aromatic carboxylic acids is 1. The van der Waals surface area contributed by atoms with Crippen LogP contribution in [-0.4, -0.2) is 59.0 Å². The zero-order valence-corrected chi connectivity index (χ0v) is 21.7. The molecule has 3 aromatic rings. The largest absolute Gasteiger partial charge is 0.493 e. The summed E-state index contributed by atoms with van der Waals surface area (Å²) in [5.41, 5.74) is 2.20. The van der Waals surface area contributed by atoms with Crippen molar-refractivity contribution in [2.75, 3.05) is 26.1 Å². The van der Waals surface area contributed by atoms with Crippen LogP contribution in [0.5, 0.6) is 11.5 Å². The zero-order chi connectivity index (χ0) is 27.1. The molecule has 1 unspecified atom stereocenters. The number of nitrogens with one attached hydrogen (secondary N) is 1. The fourth-order valence-electron chi connectivity index (χ4n) is 3.87. The summed E-state index contributed by atoms with van der Waals surface area (Å²) >= 11 is 1.23. The van der Waals surface area contributed by atoms with Gasteiger partial charge in [0.2, 0.25) is 11.8 Å². The standard InChI is InChI=1S/C28H27N3O6S/c1-36-22-13-8-18(16-23(22)37-2)14-15-31-25(32)17-24(38-28(31)30-20-6-4-3-5-7-20)26(33)29-21-11-9-19(10-12-21)27(34)35/h3-13,16,24H,14-15,17H2,1-2H3,(H,29,33)(H,34,35). The number of amidine groups is 1. The van der Waals surface area contributed by atoms with Crippen LogP contribution < -0.4 is 14.8 Å². The number of carbonyl (C=O) groups excluding carboxylic acids is 2. The minimum absolute atomic E-state index is 0.00343. The average molecular weight is 534 g/mol. The van der Waals surface area contributed by atoms with Crippen molar-refractivity contribution < 1.29 is 29.0 Å². The van der Waals surface area contributed by atoms with E-state index >= 15 is 0 Å². The molecule has 2 amide bonds. The highest BCUT2D eigenvalue weighted by Crippen LogP contribution is 2.31. The lowest BCUT2D eigenvalue weighted by Crippen LogP contribution is -2.46. The Balaban J connectivity index is 1.52. The van der Waals surface area contributed by atoms with E-state index in [0.717, 1.165) is 5.56 Å². The van der Waals surface area contributed by atoms with E-state index in [1.54, 1.807) is 19.1 Å². The summed E-state index contributed by atoms with van der Waals surface area (Å²) in [5.74, 6) is -0.382. The molecule has 0 aromatic heterocycles. The summed E-state index contributed by atoms with van der Waals surface area (Å²) in [6, 6.07) is 20.7. The van der Waals surface area contributed by atoms with Gasteiger partial charge >= 0.3 is 5.97 Å². The molecule has 1 aliphatic heterocycles. The number of hydrogen-bond acceptors (Lipinski definition) is 7. The number of amides is 2. The number of thioether (sulfide) groups is 1. The Hall–Kier alpha value is -4.31. The highest BCUT2D eigenvalue weighted by Gasteiger charge is 2.35. The number of methoxy groups -OCH3 is 2. The molecule has 0 bridgehead atoms. The van der Waals surface area contributed by atoms with E-state index in [2.05, 4.69) is 10.3 Å². The summed E-state index contributed by atoms with van der Waals surface area (Å²) in [4.78, 5) is 43.7. The van der Waals surface area contributed by atoms with E-state index < -0.39 is 11.2 Å². The number of benzene rings is 3. The first-order valence-corrected chi connectivity index (χ1v) is 12.7. The molecule has 0 spiro atoms. The van der Waals surface area contributed by atoms with Crippen LogP contribution in [0.1, 0.15) is 22.3 Å². The monoisotopic (exact) mass is 533 g/mol. The number of carbonyl (C=O) groups is 3. The molecule has 196 valence electrons. The minimum Gasteiger partial charge on any atom is -0.493 e. The molecule has 3 aromatic carbocycles. The van der Waals surface area contributed by atoms with E-state index in [1.807, 2.05) is 48.5 Å². The SMILES string of the molecule is COc1ccc(CCN2C(=O)CC(C(=O)Nc3ccc(C(=O)O)cc3)SC2=Nc2ccccc2)cc1OC. The number of carboxylic acids is 1. The molecule has 9 nitrogen and oxygen atoms in total. The van der Waals surface area contributed by atoms with E-state index in [0.29, 0.717) is 41.0 Å². The summed E-state index contributed by atoms with van der Waals surface area (Å²) in [6.07, 6.45) is 0.552. The van der Waals surface area contributed by atoms with Crippen molar-refractivity contribution in [2.45, 2.75) is 18.1 Å². The molecule has 0 saturated carbocycles. The Kier molecular flexibility index (Phi) is 8.65. The van der Waals surface area contributed by atoms with Crippen LogP contribution in [0.15, 0.2) is 77.8 Å². The van der Waals surface area contributed by atoms with Crippen molar-refractivity contribution >= 4 is 46.1 Å². The molecule has 1 aliphatic rings. The van der Waals surface area contributed by atoms with Gasteiger partial charge < -0.3 is 19.9 Å². The van der Waals surface area contributed by atoms with E-state index in [1.165, 1.54) is 36.0 Å². The summed E-state index contributed by atoms with van der Waals surface area (Å²) in [5, 5.41) is 11.6. The third-order valence-corrected chi connectivity index (χ3v) is 7.07. The van der Waals surface area contributed by atoms with Crippen molar-refractivity contribution in [1.29, 1.82) is 0 Å². The number of carboxylic acid groups (broad SMARTS) is 1. The predicted octanol–water partition coefficient (Wildman–Crippen LogP) is 4.61. The van der Waals surface area contributed by atoms with Gasteiger partial charge in [-0.25, -0.2) is 9.79 Å². The maximum absolute atomic E-state index is 13.3. The van der Waals surface area contributed by atoms with Gasteiger partial charge in [-0.15, -0.1) is 0 Å². The van der Waals surface area contributed by atoms with Gasteiger partial charge in [0.1, 0.15) is 5.25 Å². The fraction of sp³-hybridized carbons (Fsp3) is 0.214. The van der Waals surface area contributed by atoms with Gasteiger partial charge in [-0.3, -0.25) is 14.5 Å². The number of nitrogens with zero attached hydrogens (tertiary/aromatic N) is 2. The Bertz CT molecular complexity index is 1340. The van der Waals surface area contributed by atoms with Crippen LogP contribution in [0, 0.1) is 0 Å². The van der Waals surface area contributed by atoms with E-state index in [-0.39, 0.29) is 23.8 Å². The molecule has 38 heavy (non-hydrogen) atoms. The third-order valence-electron chi connectivity index (χ3n) is 5.88. The minimum atomic E-state index is -1.05. The smallest absolute Gasteiger partial charge is 0.335 e. The van der Waals surface area contributed by atoms with Crippen LogP contribution in [0.4, 0.5) is 11.4 Å². The average Bonchev–Trinajstić information content (AvgIpc) is 2.93. The summed E-state index contributed by atoms with van der Waals surface area (Å²) in [7, 11) is 3.15. The Labute approximate surface area is 224 Å². The normalized spacial score (nSPS) is 16.3. The maximum atomic E-state index is 13.3. The second kappa shape index (κ2) is 12.3. The van der Waals surface area contributed by atoms with Gasteiger partial charge in [-0.2, -0.15) is 0 Å². The van der Waals surface area contributed by atoms with Crippen molar-refractivity contribution in [3.05, 3.63) is 83.9 Å². The third kappa shape index (κ3) is 6.51. The maximum Gasteiger partial charge on any atom is 0.335 e. The number of para-hydroxylation sites is 1. The highest BCUT2D eigenvalue weighted by molar-refractivity contribution is 8.15. The van der Waals surface area contributed by atoms with Crippen LogP contribution in [0.3, 0.4) is 0 Å². The second-order valence-electron chi connectivity index (χ2n) is 8.40. The lowest BCUT2D eigenvalue weighted by molar-refractivity contribution is -0.129. The first-order chi connectivity index (χ1) is 18.4. The Morgan fingerprint density at radius 3 is 2.39 bits per heavy atom. The first kappa shape index (κ1) is 26.7. The molecule has 0 radical (unpaired) electrons. The molecule has 1 heterocycles. The molecule has 1 atom stereocenters. The zero-order valence-electron chi connectivity index (χ0n) is 20.9. The van der Waals surface area contributed by atoms with Gasteiger partial charge in [0, 0.05) is 18.7 Å². The van der Waals surface area contributed by atoms with Crippen LogP contribution in [0.2, 0.25) is 0 Å². The number of ether oxygens (including phenoxy) is 2. The molecular formula is C28H27N3O6S. The summed E-state index contributed by atoms with van der Waals surface area (Å²) < 4.78 is 10.7. The fourth-order valence-corrected chi connectivity index (χ4v) is 4.99. The van der Waals surface area contributed by atoms with Crippen molar-refractivity contribution in [3.63, 3.8) is 0 Å². The van der Waals surface area contributed by atoms with Gasteiger partial charge in [0.05, 0.1) is 25.5 Å². The van der Waals surface area contributed by atoms with Crippen molar-refractivity contribution in [3.8, 4) is 11.5 Å². The van der Waals surface area contributed by atoms with Gasteiger partial charge in [-0.05, 0) is 60.5 Å². The number of aliphatic imine (C=N–C) groups is 1. The molecular weight excluding hydrogens is 506 g/mol. The molecule has 0 aliphatic carbocycles. The van der Waals surface area contributed by atoms with Crippen molar-refractivity contribution in [1.82, 2.24) is 4.90 Å². The topological polar surface area (TPSA) is 118 Å². The molecule has 1 saturated heterocycles. The summed E-state index contributed by atoms with van der Waals surface area (Å²) in [6.45, 7) is 0.373. The van der Waals surface area contributed by atoms with Crippen LogP contribution in [-0.2, 0) is 16.0 Å². The Morgan fingerprint density at radius 2 is 1.74 bits per heavy atom. The molecule has 4 rings (SSSR count). The van der Waals surface area contributed by atoms with Crippen LogP contribution in [0.25, 0.3) is 0 Å². The van der Waals surface area contributed by atoms with Gasteiger partial charge in [0.25, 0.3) is 0 Å². The quantitative estimate of drug-likeness (QED) is 0.413. The number of rotatable bonds is 9. The van der Waals surface area contributed by atoms with Gasteiger partial charge in [-0.1, -0.05) is 36.0 Å². The van der Waals surface area contributed by atoms with Gasteiger partial charge in [0.15, 0.2) is 16.7 Å². The van der Waals surface area contributed by atoms with Crippen molar-refractivity contribution in [2.24, 2.45) is 4.99 Å². The van der Waals surface area contributed by atoms with E-state index in [4.69, 9.17) is 14.6 Å². The van der Waals surface area contributed by atoms with Crippen LogP contribution >= 0.6 is 11.8 Å². The lowest BCUT2D eigenvalue weighted by Gasteiger charge is -2.32. The first-order valence-electron chi connectivity index (χ1n) is 11.8.